The second-order valence-corrected chi connectivity index (χ2v) is 6.18. The van der Waals surface area contributed by atoms with Gasteiger partial charge in [0.15, 0.2) is 5.65 Å². The average Bonchev–Trinajstić information content (AvgIpc) is 3.21. The molecule has 0 aromatic carbocycles. The van der Waals surface area contributed by atoms with Crippen LogP contribution in [0.4, 0.5) is 17.5 Å². The van der Waals surface area contributed by atoms with Crippen molar-refractivity contribution in [3.8, 4) is 0 Å². The number of rotatable bonds is 5. The normalized spacial score (nSPS) is 11.0. The zero-order valence-corrected chi connectivity index (χ0v) is 14.8. The summed E-state index contributed by atoms with van der Waals surface area (Å²) in [6.45, 7) is 0.536. The number of nitrogens with zero attached hydrogens (tertiary/aromatic N) is 8. The van der Waals surface area contributed by atoms with Gasteiger partial charge in [-0.2, -0.15) is 15.2 Å². The van der Waals surface area contributed by atoms with E-state index in [0.717, 1.165) is 28.2 Å². The number of hydrogen-bond donors (Lipinski definition) is 1. The topological polar surface area (TPSA) is 89.6 Å². The Bertz CT molecular complexity index is 1050. The molecular weight excluding hydrogens is 330 g/mol. The molecule has 0 spiro atoms. The van der Waals surface area contributed by atoms with E-state index < -0.39 is 0 Å². The molecule has 4 rings (SSSR count). The van der Waals surface area contributed by atoms with Gasteiger partial charge in [-0.25, -0.2) is 14.6 Å². The SMILES string of the molecule is CN(C)c1cccc(Cn2ncc3cnc(Nc4cnn(C)c4)nc32)n1. The molecule has 0 amide bonds. The van der Waals surface area contributed by atoms with Crippen molar-refractivity contribution >= 4 is 28.5 Å². The van der Waals surface area contributed by atoms with E-state index in [1.54, 1.807) is 23.3 Å². The van der Waals surface area contributed by atoms with Crippen LogP contribution in [0.25, 0.3) is 11.0 Å². The molecule has 0 fully saturated rings. The van der Waals surface area contributed by atoms with Gasteiger partial charge in [0.1, 0.15) is 5.82 Å². The quantitative estimate of drug-likeness (QED) is 0.588. The monoisotopic (exact) mass is 349 g/mol. The van der Waals surface area contributed by atoms with E-state index in [1.807, 2.05) is 55.1 Å². The summed E-state index contributed by atoms with van der Waals surface area (Å²) in [6, 6.07) is 5.95. The summed E-state index contributed by atoms with van der Waals surface area (Å²) in [5.41, 5.74) is 2.50. The lowest BCUT2D eigenvalue weighted by Gasteiger charge is -2.12. The summed E-state index contributed by atoms with van der Waals surface area (Å²) in [5, 5.41) is 12.6. The van der Waals surface area contributed by atoms with Crippen LogP contribution in [0.2, 0.25) is 0 Å². The van der Waals surface area contributed by atoms with Gasteiger partial charge in [0.2, 0.25) is 5.95 Å². The van der Waals surface area contributed by atoms with Crippen molar-refractivity contribution in [2.24, 2.45) is 7.05 Å². The molecule has 0 bridgehead atoms. The molecule has 26 heavy (non-hydrogen) atoms. The summed E-state index contributed by atoms with van der Waals surface area (Å²) in [5.74, 6) is 1.41. The van der Waals surface area contributed by atoms with Crippen LogP contribution in [0.15, 0.2) is 43.0 Å². The van der Waals surface area contributed by atoms with Gasteiger partial charge in [-0.3, -0.25) is 4.68 Å². The van der Waals surface area contributed by atoms with Crippen molar-refractivity contribution in [3.05, 3.63) is 48.7 Å². The molecule has 0 unspecified atom stereocenters. The summed E-state index contributed by atoms with van der Waals surface area (Å²) < 4.78 is 3.54. The van der Waals surface area contributed by atoms with Gasteiger partial charge in [-0.1, -0.05) is 6.07 Å². The van der Waals surface area contributed by atoms with Crippen LogP contribution < -0.4 is 10.2 Å². The molecule has 0 aliphatic rings. The highest BCUT2D eigenvalue weighted by molar-refractivity contribution is 5.75. The number of nitrogens with one attached hydrogen (secondary N) is 1. The fourth-order valence-electron chi connectivity index (χ4n) is 2.61. The van der Waals surface area contributed by atoms with E-state index in [9.17, 15) is 0 Å². The maximum atomic E-state index is 4.64. The first kappa shape index (κ1) is 16.0. The third kappa shape index (κ3) is 3.18. The minimum Gasteiger partial charge on any atom is -0.363 e. The van der Waals surface area contributed by atoms with Gasteiger partial charge >= 0.3 is 0 Å². The van der Waals surface area contributed by atoms with E-state index in [-0.39, 0.29) is 0 Å². The van der Waals surface area contributed by atoms with Crippen LogP contribution in [0.5, 0.6) is 0 Å². The maximum absolute atomic E-state index is 4.64. The third-order valence-electron chi connectivity index (χ3n) is 3.90. The van der Waals surface area contributed by atoms with Gasteiger partial charge in [-0.05, 0) is 12.1 Å². The molecule has 0 atom stereocenters. The van der Waals surface area contributed by atoms with E-state index in [2.05, 4.69) is 30.5 Å². The summed E-state index contributed by atoms with van der Waals surface area (Å²) in [6.07, 6.45) is 7.11. The van der Waals surface area contributed by atoms with Gasteiger partial charge < -0.3 is 10.2 Å². The van der Waals surface area contributed by atoms with Crippen LogP contribution in [0.3, 0.4) is 0 Å². The fourth-order valence-corrected chi connectivity index (χ4v) is 2.61. The Labute approximate surface area is 150 Å². The van der Waals surface area contributed by atoms with E-state index in [4.69, 9.17) is 0 Å². The Morgan fingerprint density at radius 1 is 1.08 bits per heavy atom. The lowest BCUT2D eigenvalue weighted by Crippen LogP contribution is -2.12. The summed E-state index contributed by atoms with van der Waals surface area (Å²) in [4.78, 5) is 15.5. The Morgan fingerprint density at radius 2 is 1.96 bits per heavy atom. The largest absolute Gasteiger partial charge is 0.363 e. The molecule has 4 aromatic rings. The molecule has 4 heterocycles. The fraction of sp³-hybridized carbons (Fsp3) is 0.235. The number of aryl methyl sites for hydroxylation is 1. The first-order chi connectivity index (χ1) is 12.6. The van der Waals surface area contributed by atoms with Gasteiger partial charge in [0, 0.05) is 33.5 Å². The molecule has 0 saturated carbocycles. The molecule has 1 N–H and O–H groups in total. The van der Waals surface area contributed by atoms with Crippen LogP contribution in [0.1, 0.15) is 5.69 Å². The molecule has 0 saturated heterocycles. The van der Waals surface area contributed by atoms with Crippen LogP contribution >= 0.6 is 0 Å². The molecule has 132 valence electrons. The van der Waals surface area contributed by atoms with E-state index >= 15 is 0 Å². The Kier molecular flexibility index (Phi) is 3.96. The van der Waals surface area contributed by atoms with Crippen LogP contribution in [0, 0.1) is 0 Å². The van der Waals surface area contributed by atoms with E-state index in [0.29, 0.717) is 12.5 Å². The molecule has 0 aliphatic heterocycles. The average molecular weight is 349 g/mol. The van der Waals surface area contributed by atoms with Gasteiger partial charge in [0.05, 0.1) is 35.7 Å². The molecule has 9 nitrogen and oxygen atoms in total. The van der Waals surface area contributed by atoms with Crippen molar-refractivity contribution < 1.29 is 0 Å². The number of hydrogen-bond acceptors (Lipinski definition) is 7. The molecule has 4 aromatic heterocycles. The zero-order chi connectivity index (χ0) is 18.1. The van der Waals surface area contributed by atoms with Crippen molar-refractivity contribution in [1.29, 1.82) is 0 Å². The Hall–Kier alpha value is -3.49. The second kappa shape index (κ2) is 6.43. The lowest BCUT2D eigenvalue weighted by molar-refractivity contribution is 0.688. The first-order valence-corrected chi connectivity index (χ1v) is 8.16. The van der Waals surface area contributed by atoms with Crippen LogP contribution in [-0.4, -0.2) is 48.6 Å². The highest BCUT2D eigenvalue weighted by Crippen LogP contribution is 2.17. The molecular formula is C17H19N9. The predicted molar refractivity (Wildman–Crippen MR) is 99.5 cm³/mol. The minimum atomic E-state index is 0.502. The minimum absolute atomic E-state index is 0.502. The molecule has 9 heteroatoms. The molecule has 0 radical (unpaired) electrons. The highest BCUT2D eigenvalue weighted by Gasteiger charge is 2.09. The smallest absolute Gasteiger partial charge is 0.229 e. The van der Waals surface area contributed by atoms with Gasteiger partial charge in [0.25, 0.3) is 0 Å². The Balaban J connectivity index is 1.63. The standard InChI is InChI=1S/C17H19N9/c1-24(2)15-6-4-5-13(21-15)11-26-16-12(8-20-26)7-18-17(23-16)22-14-9-19-25(3)10-14/h4-10H,11H2,1-3H3,(H,18,22,23). The van der Waals surface area contributed by atoms with Crippen molar-refractivity contribution in [2.75, 3.05) is 24.3 Å². The zero-order valence-electron chi connectivity index (χ0n) is 14.8. The van der Waals surface area contributed by atoms with Crippen LogP contribution in [-0.2, 0) is 13.6 Å². The number of aromatic nitrogens is 7. The van der Waals surface area contributed by atoms with E-state index in [1.165, 1.54) is 0 Å². The third-order valence-corrected chi connectivity index (χ3v) is 3.90. The lowest BCUT2D eigenvalue weighted by atomic mass is 10.3. The highest BCUT2D eigenvalue weighted by atomic mass is 15.3. The number of pyridine rings is 1. The number of fused-ring (bicyclic) bond motifs is 1. The maximum Gasteiger partial charge on any atom is 0.229 e. The Morgan fingerprint density at radius 3 is 2.73 bits per heavy atom. The summed E-state index contributed by atoms with van der Waals surface area (Å²) >= 11 is 0. The van der Waals surface area contributed by atoms with Crippen molar-refractivity contribution in [3.63, 3.8) is 0 Å². The predicted octanol–water partition coefficient (Wildman–Crippen LogP) is 1.81. The second-order valence-electron chi connectivity index (χ2n) is 6.18. The van der Waals surface area contributed by atoms with Crippen molar-refractivity contribution in [1.82, 2.24) is 34.5 Å². The van der Waals surface area contributed by atoms with Gasteiger partial charge in [-0.15, -0.1) is 0 Å². The van der Waals surface area contributed by atoms with Crippen molar-refractivity contribution in [2.45, 2.75) is 6.54 Å². The number of anilines is 3. The summed E-state index contributed by atoms with van der Waals surface area (Å²) in [7, 11) is 5.80. The first-order valence-electron chi connectivity index (χ1n) is 8.16. The molecule has 0 aliphatic carbocycles.